The third-order valence-electron chi connectivity index (χ3n) is 4.24. The van der Waals surface area contributed by atoms with Crippen LogP contribution >= 0.6 is 0 Å². The molecule has 0 fully saturated rings. The predicted octanol–water partition coefficient (Wildman–Crippen LogP) is 3.16. The zero-order valence-corrected chi connectivity index (χ0v) is 15.1. The number of benzene rings is 2. The van der Waals surface area contributed by atoms with E-state index in [1.807, 2.05) is 35.9 Å². The van der Waals surface area contributed by atoms with Gasteiger partial charge in [0.15, 0.2) is 0 Å². The molecule has 0 radical (unpaired) electrons. The van der Waals surface area contributed by atoms with E-state index in [-0.39, 0.29) is 12.4 Å². The fourth-order valence-electron chi connectivity index (χ4n) is 2.84. The van der Waals surface area contributed by atoms with Gasteiger partial charge >= 0.3 is 6.03 Å². The van der Waals surface area contributed by atoms with Gasteiger partial charge in [0.1, 0.15) is 23.4 Å². The van der Waals surface area contributed by atoms with Crippen molar-refractivity contribution in [1.82, 2.24) is 20.2 Å². The van der Waals surface area contributed by atoms with Crippen LogP contribution in [-0.4, -0.2) is 22.7 Å². The fraction of sp³-hybridized carbons (Fsp3) is 0.200. The average molecular weight is 368 g/mol. The summed E-state index contributed by atoms with van der Waals surface area (Å²) in [5.41, 5.74) is 1.19. The SMILES string of the molecule is COc1ccccc1C(NC(=O)NCc1ccccc1F)c1nccn1C. The number of carbonyl (C=O) groups is 1. The van der Waals surface area contributed by atoms with E-state index in [9.17, 15) is 9.18 Å². The van der Waals surface area contributed by atoms with Gasteiger partial charge in [0.05, 0.1) is 7.11 Å². The lowest BCUT2D eigenvalue weighted by molar-refractivity contribution is 0.237. The molecule has 6 nitrogen and oxygen atoms in total. The quantitative estimate of drug-likeness (QED) is 0.702. The van der Waals surface area contributed by atoms with Crippen LogP contribution in [0.2, 0.25) is 0 Å². The molecule has 0 bridgehead atoms. The summed E-state index contributed by atoms with van der Waals surface area (Å²) in [6.07, 6.45) is 3.47. The van der Waals surface area contributed by atoms with E-state index in [2.05, 4.69) is 15.6 Å². The molecule has 27 heavy (non-hydrogen) atoms. The molecule has 140 valence electrons. The van der Waals surface area contributed by atoms with Gasteiger partial charge < -0.3 is 19.9 Å². The normalized spacial score (nSPS) is 11.7. The Morgan fingerprint density at radius 2 is 1.96 bits per heavy atom. The van der Waals surface area contributed by atoms with Gasteiger partial charge in [-0.15, -0.1) is 0 Å². The number of hydrogen-bond donors (Lipinski definition) is 2. The van der Waals surface area contributed by atoms with E-state index in [0.717, 1.165) is 5.56 Å². The topological polar surface area (TPSA) is 68.2 Å². The van der Waals surface area contributed by atoms with Crippen molar-refractivity contribution in [3.63, 3.8) is 0 Å². The van der Waals surface area contributed by atoms with Crippen molar-refractivity contribution in [2.75, 3.05) is 7.11 Å². The second-order valence-corrected chi connectivity index (χ2v) is 5.99. The van der Waals surface area contributed by atoms with Crippen LogP contribution in [0.25, 0.3) is 0 Å². The number of para-hydroxylation sites is 1. The second kappa shape index (κ2) is 8.35. The lowest BCUT2D eigenvalue weighted by Crippen LogP contribution is -2.39. The van der Waals surface area contributed by atoms with E-state index in [4.69, 9.17) is 4.74 Å². The van der Waals surface area contributed by atoms with Crippen LogP contribution in [-0.2, 0) is 13.6 Å². The highest BCUT2D eigenvalue weighted by Crippen LogP contribution is 2.28. The van der Waals surface area contributed by atoms with Gasteiger partial charge in [-0.05, 0) is 12.1 Å². The maximum atomic E-state index is 13.7. The van der Waals surface area contributed by atoms with Crippen LogP contribution in [0.3, 0.4) is 0 Å². The Labute approximate surface area is 157 Å². The molecule has 1 heterocycles. The number of aryl methyl sites for hydroxylation is 1. The number of carbonyl (C=O) groups excluding carboxylic acids is 1. The van der Waals surface area contributed by atoms with Crippen molar-refractivity contribution >= 4 is 6.03 Å². The zero-order chi connectivity index (χ0) is 19.2. The molecular weight excluding hydrogens is 347 g/mol. The first-order chi connectivity index (χ1) is 13.1. The van der Waals surface area contributed by atoms with Crippen LogP contribution in [0.4, 0.5) is 9.18 Å². The fourth-order valence-corrected chi connectivity index (χ4v) is 2.84. The molecule has 2 aromatic carbocycles. The summed E-state index contributed by atoms with van der Waals surface area (Å²) < 4.78 is 21.0. The highest BCUT2D eigenvalue weighted by atomic mass is 19.1. The summed E-state index contributed by atoms with van der Waals surface area (Å²) in [5.74, 6) is 0.934. The van der Waals surface area contributed by atoms with Crippen molar-refractivity contribution in [2.24, 2.45) is 7.05 Å². The Morgan fingerprint density at radius 1 is 1.22 bits per heavy atom. The molecule has 0 saturated carbocycles. The molecule has 1 atom stereocenters. The Bertz CT molecular complexity index is 926. The third kappa shape index (κ3) is 4.25. The van der Waals surface area contributed by atoms with Crippen molar-refractivity contribution in [2.45, 2.75) is 12.6 Å². The number of aromatic nitrogens is 2. The molecule has 3 aromatic rings. The van der Waals surface area contributed by atoms with Crippen LogP contribution in [0.15, 0.2) is 60.9 Å². The number of rotatable bonds is 6. The highest BCUT2D eigenvalue weighted by Gasteiger charge is 2.23. The number of halogens is 1. The van der Waals surface area contributed by atoms with Crippen LogP contribution in [0, 0.1) is 5.82 Å². The minimum absolute atomic E-state index is 0.0811. The number of hydrogen-bond acceptors (Lipinski definition) is 3. The van der Waals surface area contributed by atoms with Gasteiger partial charge in [0.25, 0.3) is 0 Å². The van der Waals surface area contributed by atoms with E-state index in [0.29, 0.717) is 17.1 Å². The predicted molar refractivity (Wildman–Crippen MR) is 99.8 cm³/mol. The molecule has 1 aromatic heterocycles. The Kier molecular flexibility index (Phi) is 5.71. The Hall–Kier alpha value is -3.35. The monoisotopic (exact) mass is 368 g/mol. The summed E-state index contributed by atoms with van der Waals surface area (Å²) in [6.45, 7) is 0.0811. The first-order valence-electron chi connectivity index (χ1n) is 8.48. The molecule has 1 unspecified atom stereocenters. The summed E-state index contributed by atoms with van der Waals surface area (Å²) >= 11 is 0. The smallest absolute Gasteiger partial charge is 0.315 e. The van der Waals surface area contributed by atoms with Gasteiger partial charge in [-0.2, -0.15) is 0 Å². The Balaban J connectivity index is 1.81. The van der Waals surface area contributed by atoms with Crippen LogP contribution < -0.4 is 15.4 Å². The minimum atomic E-state index is -0.526. The van der Waals surface area contributed by atoms with E-state index >= 15 is 0 Å². The van der Waals surface area contributed by atoms with Gasteiger partial charge in [-0.25, -0.2) is 14.2 Å². The summed E-state index contributed by atoms with van der Waals surface area (Å²) in [6, 6.07) is 12.8. The number of imidazole rings is 1. The average Bonchev–Trinajstić information content (AvgIpc) is 3.11. The number of amides is 2. The lowest BCUT2D eigenvalue weighted by Gasteiger charge is -2.21. The van der Waals surface area contributed by atoms with Crippen molar-refractivity contribution in [1.29, 1.82) is 0 Å². The molecule has 2 N–H and O–H groups in total. The molecule has 2 amide bonds. The molecule has 0 aliphatic rings. The summed E-state index contributed by atoms with van der Waals surface area (Å²) in [7, 11) is 3.43. The minimum Gasteiger partial charge on any atom is -0.496 e. The number of methoxy groups -OCH3 is 1. The molecule has 0 saturated heterocycles. The lowest BCUT2D eigenvalue weighted by atomic mass is 10.0. The molecule has 3 rings (SSSR count). The Morgan fingerprint density at radius 3 is 2.67 bits per heavy atom. The molecular formula is C20H21FN4O2. The first kappa shape index (κ1) is 18.4. The van der Waals surface area contributed by atoms with Crippen molar-refractivity contribution in [3.8, 4) is 5.75 Å². The van der Waals surface area contributed by atoms with E-state index in [1.165, 1.54) is 6.07 Å². The van der Waals surface area contributed by atoms with Crippen LogP contribution in [0.5, 0.6) is 5.75 Å². The zero-order valence-electron chi connectivity index (χ0n) is 15.1. The second-order valence-electron chi connectivity index (χ2n) is 5.99. The van der Waals surface area contributed by atoms with Crippen molar-refractivity contribution in [3.05, 3.63) is 83.7 Å². The number of urea groups is 1. The summed E-state index contributed by atoms with van der Waals surface area (Å²) in [5, 5.41) is 5.60. The third-order valence-corrected chi connectivity index (χ3v) is 4.24. The van der Waals surface area contributed by atoms with Gasteiger partial charge in [0.2, 0.25) is 0 Å². The maximum Gasteiger partial charge on any atom is 0.315 e. The first-order valence-corrected chi connectivity index (χ1v) is 8.48. The number of nitrogens with one attached hydrogen (secondary N) is 2. The van der Waals surface area contributed by atoms with E-state index in [1.54, 1.807) is 37.7 Å². The van der Waals surface area contributed by atoms with Gasteiger partial charge in [0, 0.05) is 37.1 Å². The van der Waals surface area contributed by atoms with Crippen LogP contribution in [0.1, 0.15) is 23.0 Å². The number of ether oxygens (including phenoxy) is 1. The largest absolute Gasteiger partial charge is 0.496 e. The highest BCUT2D eigenvalue weighted by molar-refractivity contribution is 5.75. The van der Waals surface area contributed by atoms with Crippen molar-refractivity contribution < 1.29 is 13.9 Å². The molecule has 7 heteroatoms. The molecule has 0 aliphatic carbocycles. The summed E-state index contributed by atoms with van der Waals surface area (Å²) in [4.78, 5) is 16.9. The molecule has 0 spiro atoms. The number of nitrogens with zero attached hydrogens (tertiary/aromatic N) is 2. The molecule has 0 aliphatic heterocycles. The maximum absolute atomic E-state index is 13.7. The van der Waals surface area contributed by atoms with E-state index < -0.39 is 12.1 Å². The van der Waals surface area contributed by atoms with Gasteiger partial charge in [-0.1, -0.05) is 36.4 Å². The standard InChI is InChI=1S/C20H21FN4O2/c1-25-12-11-22-19(25)18(15-8-4-6-10-17(15)27-2)24-20(26)23-13-14-7-3-5-9-16(14)21/h3-12,18H,13H2,1-2H3,(H2,23,24,26). The van der Waals surface area contributed by atoms with Gasteiger partial charge in [-0.3, -0.25) is 0 Å².